The minimum Gasteiger partial charge on any atom is -0.355 e. The number of fused-ring (bicyclic) bond motifs is 6. The lowest BCUT2D eigenvalue weighted by Gasteiger charge is -2.28. The van der Waals surface area contributed by atoms with Crippen molar-refractivity contribution in [1.29, 1.82) is 0 Å². The first kappa shape index (κ1) is 58.6. The van der Waals surface area contributed by atoms with Crippen LogP contribution in [-0.4, -0.2) is 0 Å². The molecule has 448 valence electrons. The van der Waals surface area contributed by atoms with Gasteiger partial charge in [-0.05, 0) is 211 Å². The number of nitrogens with one attached hydrogen (secondary N) is 1. The summed E-state index contributed by atoms with van der Waals surface area (Å²) in [6.07, 6.45) is 0. The summed E-state index contributed by atoms with van der Waals surface area (Å²) in [4.78, 5) is 2.20. The van der Waals surface area contributed by atoms with E-state index < -0.39 is 0 Å². The summed E-state index contributed by atoms with van der Waals surface area (Å²) in [5, 5.41) is 18.3. The van der Waals surface area contributed by atoms with E-state index >= 15 is 4.39 Å². The van der Waals surface area contributed by atoms with Gasteiger partial charge in [-0.1, -0.05) is 270 Å². The summed E-state index contributed by atoms with van der Waals surface area (Å²) >= 11 is 11.1. The second-order valence-electron chi connectivity index (χ2n) is 25.5. The second kappa shape index (κ2) is 23.0. The Morgan fingerprint density at radius 2 is 0.699 bits per heavy atom. The first-order valence-electron chi connectivity index (χ1n) is 31.3. The van der Waals surface area contributed by atoms with Gasteiger partial charge < -0.3 is 10.2 Å². The van der Waals surface area contributed by atoms with E-state index in [0.29, 0.717) is 0 Å². The van der Waals surface area contributed by atoms with Crippen molar-refractivity contribution in [3.8, 4) is 44.5 Å². The number of nitrogens with zero attached hydrogens (tertiary/aromatic N) is 1. The van der Waals surface area contributed by atoms with Crippen LogP contribution in [0.3, 0.4) is 0 Å². The van der Waals surface area contributed by atoms with Crippen LogP contribution in [0.4, 0.5) is 37.2 Å². The molecule has 0 fully saturated rings. The molecule has 0 heterocycles. The highest BCUT2D eigenvalue weighted by Crippen LogP contribution is 2.55. The molecular weight excluding hydrogens is 1340 g/mol. The van der Waals surface area contributed by atoms with Crippen molar-refractivity contribution in [1.82, 2.24) is 0 Å². The van der Waals surface area contributed by atoms with Crippen LogP contribution in [0.1, 0.15) is 49.9 Å². The summed E-state index contributed by atoms with van der Waals surface area (Å²) in [5.41, 5.74) is 18.2. The van der Waals surface area contributed by atoms with Crippen LogP contribution in [0.25, 0.3) is 109 Å². The van der Waals surface area contributed by atoms with Gasteiger partial charge >= 0.3 is 0 Å². The molecule has 16 aromatic carbocycles. The summed E-state index contributed by atoms with van der Waals surface area (Å²) in [7, 11) is 0. The molecular formula is C86H59Br3F2N2. The average molecular weight is 1400 g/mol. The smallest absolute Gasteiger partial charge is 0.125 e. The molecule has 0 amide bonds. The molecule has 18 rings (SSSR count). The van der Waals surface area contributed by atoms with Crippen LogP contribution in [-0.2, 0) is 10.8 Å². The monoisotopic (exact) mass is 1390 g/mol. The molecule has 16 aromatic rings. The highest BCUT2D eigenvalue weighted by atomic mass is 79.9. The zero-order valence-electron chi connectivity index (χ0n) is 51.4. The van der Waals surface area contributed by atoms with Gasteiger partial charge in [-0.15, -0.1) is 0 Å². The lowest BCUT2D eigenvalue weighted by Crippen LogP contribution is -2.14. The van der Waals surface area contributed by atoms with E-state index in [4.69, 9.17) is 0 Å². The molecule has 93 heavy (non-hydrogen) atoms. The van der Waals surface area contributed by atoms with Crippen molar-refractivity contribution < 1.29 is 8.78 Å². The van der Waals surface area contributed by atoms with Gasteiger partial charge in [-0.25, -0.2) is 8.78 Å². The normalized spacial score (nSPS) is 13.2. The van der Waals surface area contributed by atoms with Gasteiger partial charge in [-0.3, -0.25) is 0 Å². The molecule has 0 saturated carbocycles. The molecule has 0 aliphatic heterocycles. The fraction of sp³-hybridized carbons (Fsp3) is 0.0698. The Hall–Kier alpha value is -9.50. The zero-order valence-corrected chi connectivity index (χ0v) is 56.2. The topological polar surface area (TPSA) is 15.3 Å². The number of benzene rings is 16. The fourth-order valence-electron chi connectivity index (χ4n) is 15.0. The third-order valence-corrected chi connectivity index (χ3v) is 21.4. The van der Waals surface area contributed by atoms with Crippen LogP contribution in [0.15, 0.2) is 292 Å². The van der Waals surface area contributed by atoms with Gasteiger partial charge in [0.15, 0.2) is 0 Å². The number of hydrogen-bond donors (Lipinski definition) is 1. The summed E-state index contributed by atoms with van der Waals surface area (Å²) in [6, 6.07) is 95.7. The minimum absolute atomic E-state index is 0.0691. The van der Waals surface area contributed by atoms with Crippen molar-refractivity contribution in [2.45, 2.75) is 38.5 Å². The Morgan fingerprint density at radius 1 is 0.312 bits per heavy atom. The molecule has 0 spiro atoms. The minimum atomic E-state index is -0.266. The van der Waals surface area contributed by atoms with Crippen molar-refractivity contribution in [3.05, 3.63) is 326 Å². The second-order valence-corrected chi connectivity index (χ2v) is 28.0. The maximum absolute atomic E-state index is 16.0. The number of hydrogen-bond acceptors (Lipinski definition) is 2. The van der Waals surface area contributed by atoms with E-state index in [0.717, 1.165) is 69.5 Å². The van der Waals surface area contributed by atoms with E-state index in [1.54, 1.807) is 18.2 Å². The third-order valence-electron chi connectivity index (χ3n) is 19.3. The molecule has 2 nitrogen and oxygen atoms in total. The summed E-state index contributed by atoms with van der Waals surface area (Å²) < 4.78 is 33.9. The predicted octanol–water partition coefficient (Wildman–Crippen LogP) is 26.6. The summed E-state index contributed by atoms with van der Waals surface area (Å²) in [5.74, 6) is -0.512. The van der Waals surface area contributed by atoms with E-state index in [2.05, 4.69) is 286 Å². The van der Waals surface area contributed by atoms with Gasteiger partial charge in [0.1, 0.15) is 11.6 Å². The number of rotatable bonds is 7. The number of anilines is 5. The van der Waals surface area contributed by atoms with Crippen LogP contribution >= 0.6 is 47.8 Å². The Morgan fingerprint density at radius 3 is 1.20 bits per heavy atom. The Kier molecular flexibility index (Phi) is 14.5. The molecule has 0 unspecified atom stereocenters. The number of halogens is 5. The van der Waals surface area contributed by atoms with Crippen molar-refractivity contribution in [3.63, 3.8) is 0 Å². The van der Waals surface area contributed by atoms with Gasteiger partial charge in [0.25, 0.3) is 0 Å². The lowest BCUT2D eigenvalue weighted by molar-refractivity contribution is 0.628. The first-order chi connectivity index (χ1) is 45.2. The van der Waals surface area contributed by atoms with Gasteiger partial charge in [0, 0.05) is 52.4 Å². The SMILES string of the molecule is Brc1ccc2ccc3c(Br)ccc4ccc1c2c43.CC1(C)c2ccccc2-c2c(-c3cc(F)cc(N(c4ccccc4)c4ccc5ccc6c(Br)ccc7ccc4c5c76)c3)cccc21.CC1(C)c2ccccc2-c2c(-c3cc(F)cc(Nc4ccccc4)c3)cccc21. The van der Waals surface area contributed by atoms with Gasteiger partial charge in [0.2, 0.25) is 0 Å². The maximum Gasteiger partial charge on any atom is 0.125 e. The van der Waals surface area contributed by atoms with Crippen molar-refractivity contribution in [2.24, 2.45) is 0 Å². The first-order valence-corrected chi connectivity index (χ1v) is 33.7. The van der Waals surface area contributed by atoms with E-state index in [1.807, 2.05) is 54.6 Å². The molecule has 2 aliphatic rings. The molecule has 7 heteroatoms. The molecule has 1 N–H and O–H groups in total. The van der Waals surface area contributed by atoms with Gasteiger partial charge in [0.05, 0.1) is 5.69 Å². The zero-order chi connectivity index (χ0) is 63.4. The van der Waals surface area contributed by atoms with Gasteiger partial charge in [-0.2, -0.15) is 0 Å². The van der Waals surface area contributed by atoms with Crippen molar-refractivity contribution in [2.75, 3.05) is 10.2 Å². The van der Waals surface area contributed by atoms with E-state index in [1.165, 1.54) is 110 Å². The molecule has 0 atom stereocenters. The number of para-hydroxylation sites is 2. The molecule has 2 aliphatic carbocycles. The average Bonchev–Trinajstić information content (AvgIpc) is 1.57. The highest BCUT2D eigenvalue weighted by Gasteiger charge is 2.38. The Bertz CT molecular complexity index is 5550. The maximum atomic E-state index is 16.0. The third kappa shape index (κ3) is 9.89. The summed E-state index contributed by atoms with van der Waals surface area (Å²) in [6.45, 7) is 9.08. The largest absolute Gasteiger partial charge is 0.355 e. The molecule has 0 saturated heterocycles. The van der Waals surface area contributed by atoms with Crippen LogP contribution in [0, 0.1) is 11.6 Å². The highest BCUT2D eigenvalue weighted by molar-refractivity contribution is 9.11. The molecule has 0 radical (unpaired) electrons. The van der Waals surface area contributed by atoms with Crippen LogP contribution < -0.4 is 10.2 Å². The van der Waals surface area contributed by atoms with Crippen LogP contribution in [0.2, 0.25) is 0 Å². The van der Waals surface area contributed by atoms with E-state index in [-0.39, 0.29) is 22.5 Å². The Balaban J connectivity index is 0.000000124. The quantitative estimate of drug-likeness (QED) is 0.160. The molecule has 0 aromatic heterocycles. The van der Waals surface area contributed by atoms with Crippen LogP contribution in [0.5, 0.6) is 0 Å². The van der Waals surface area contributed by atoms with Crippen molar-refractivity contribution >= 4 is 141 Å². The Labute approximate surface area is 564 Å². The fourth-order valence-corrected chi connectivity index (χ4v) is 16.4. The lowest BCUT2D eigenvalue weighted by atomic mass is 9.82. The predicted molar refractivity (Wildman–Crippen MR) is 400 cm³/mol. The standard InChI is InChI=1S/C43H29BrFN.C27H22FN.C16H8Br2/c1-43(2)36-13-7-6-11-33(36)42-32(12-8-14-37(42)43)28-23-29(45)25-31(24-28)46(30-9-4-3-5-10-30)39-22-18-27-15-19-34-38(44)21-17-26-16-20-35(39)41(27)40(26)34;1-27(2)24-13-7-6-11-23(24)26-22(12-8-14-25(26)27)18-15-19(28)17-21(16-18)29-20-9-4-3-5-10-20;17-13-8-4-10-2-6-12-14(18)7-3-9-1-5-11(13)16(10)15(9)12/h3-25H,1-2H3;3-17,29H,1-2H3;1-8H. The van der Waals surface area contributed by atoms with E-state index in [9.17, 15) is 4.39 Å². The molecule has 0 bridgehead atoms.